The Balaban J connectivity index is 1.40. The van der Waals surface area contributed by atoms with E-state index in [1.54, 1.807) is 27.8 Å². The second kappa shape index (κ2) is 9.54. The number of anilines is 1. The van der Waals surface area contributed by atoms with Gasteiger partial charge in [0.25, 0.3) is 5.91 Å². The third-order valence-corrected chi connectivity index (χ3v) is 5.45. The van der Waals surface area contributed by atoms with Crippen LogP contribution in [0, 0.1) is 6.92 Å². The minimum Gasteiger partial charge on any atom is -0.305 e. The van der Waals surface area contributed by atoms with E-state index in [1.165, 1.54) is 0 Å². The fourth-order valence-corrected chi connectivity index (χ4v) is 3.72. The molecule has 1 N–H and O–H groups in total. The summed E-state index contributed by atoms with van der Waals surface area (Å²) in [5, 5.41) is 12.1. The van der Waals surface area contributed by atoms with Crippen LogP contribution < -0.4 is 5.32 Å². The van der Waals surface area contributed by atoms with E-state index in [4.69, 9.17) is 5.10 Å². The monoisotopic (exact) mass is 448 g/mol. The number of hydrogen-bond acceptors (Lipinski definition) is 4. The second-order valence-electron chi connectivity index (χ2n) is 8.11. The van der Waals surface area contributed by atoms with Gasteiger partial charge in [0.1, 0.15) is 5.69 Å². The highest BCUT2D eigenvalue weighted by Crippen LogP contribution is 2.24. The molecule has 3 aromatic heterocycles. The molecule has 168 valence electrons. The molecular formula is C27H24N6O. The van der Waals surface area contributed by atoms with Crippen molar-refractivity contribution in [2.24, 2.45) is 0 Å². The molecule has 5 rings (SSSR count). The number of amides is 1. The smallest absolute Gasteiger partial charge is 0.260 e. The molecule has 0 bridgehead atoms. The number of nitrogens with one attached hydrogen (secondary N) is 1. The van der Waals surface area contributed by atoms with Crippen molar-refractivity contribution in [2.45, 2.75) is 20.0 Å². The van der Waals surface area contributed by atoms with Crippen LogP contribution in [-0.4, -0.2) is 30.5 Å². The average Bonchev–Trinajstić information content (AvgIpc) is 3.48. The fourth-order valence-electron chi connectivity index (χ4n) is 3.72. The Hall–Kier alpha value is -4.52. The Morgan fingerprint density at radius 3 is 2.41 bits per heavy atom. The van der Waals surface area contributed by atoms with E-state index in [2.05, 4.69) is 15.4 Å². The predicted molar refractivity (Wildman–Crippen MR) is 131 cm³/mol. The van der Waals surface area contributed by atoms with Crippen molar-refractivity contribution < 1.29 is 4.79 Å². The molecule has 5 aromatic rings. The minimum absolute atomic E-state index is 0.252. The van der Waals surface area contributed by atoms with Gasteiger partial charge in [-0.2, -0.15) is 10.2 Å². The molecule has 0 unspecified atom stereocenters. The van der Waals surface area contributed by atoms with Gasteiger partial charge in [0.05, 0.1) is 24.3 Å². The first-order chi connectivity index (χ1) is 16.6. The van der Waals surface area contributed by atoms with E-state index < -0.39 is 0 Å². The molecule has 0 aliphatic carbocycles. The number of benzene rings is 2. The largest absolute Gasteiger partial charge is 0.305 e. The van der Waals surface area contributed by atoms with E-state index in [9.17, 15) is 4.79 Å². The zero-order valence-corrected chi connectivity index (χ0v) is 18.8. The third-order valence-electron chi connectivity index (χ3n) is 5.45. The zero-order chi connectivity index (χ0) is 23.3. The molecule has 0 spiro atoms. The third kappa shape index (κ3) is 4.94. The summed E-state index contributed by atoms with van der Waals surface area (Å²) in [4.78, 5) is 17.6. The lowest BCUT2D eigenvalue weighted by molar-refractivity contribution is 0.102. The van der Waals surface area contributed by atoms with Crippen LogP contribution in [0.1, 0.15) is 27.2 Å². The molecule has 0 saturated heterocycles. The highest BCUT2D eigenvalue weighted by Gasteiger charge is 2.19. The van der Waals surface area contributed by atoms with Gasteiger partial charge in [-0.3, -0.25) is 19.1 Å². The number of aryl methyl sites for hydroxylation is 1. The highest BCUT2D eigenvalue weighted by molar-refractivity contribution is 6.07. The van der Waals surface area contributed by atoms with Gasteiger partial charge in [0.15, 0.2) is 5.82 Å². The van der Waals surface area contributed by atoms with Gasteiger partial charge in [0.2, 0.25) is 0 Å². The van der Waals surface area contributed by atoms with Gasteiger partial charge in [-0.15, -0.1) is 0 Å². The molecule has 7 heteroatoms. The number of carbonyl (C=O) groups is 1. The second-order valence-corrected chi connectivity index (χ2v) is 8.11. The fraction of sp³-hybridized carbons (Fsp3) is 0.111. The summed E-state index contributed by atoms with van der Waals surface area (Å²) >= 11 is 0. The summed E-state index contributed by atoms with van der Waals surface area (Å²) in [5.41, 5.74) is 5.19. The van der Waals surface area contributed by atoms with E-state index >= 15 is 0 Å². The summed E-state index contributed by atoms with van der Waals surface area (Å²) in [5.74, 6) is 0.226. The van der Waals surface area contributed by atoms with Gasteiger partial charge in [-0.1, -0.05) is 66.2 Å². The van der Waals surface area contributed by atoms with Crippen LogP contribution in [0.4, 0.5) is 5.82 Å². The number of nitrogens with zero attached hydrogens (tertiary/aromatic N) is 5. The van der Waals surface area contributed by atoms with Gasteiger partial charge in [-0.05, 0) is 24.6 Å². The molecule has 0 aliphatic heterocycles. The number of carbonyl (C=O) groups excluding carboxylic acids is 1. The lowest BCUT2D eigenvalue weighted by Gasteiger charge is -2.04. The molecule has 0 atom stereocenters. The Labute approximate surface area is 197 Å². The van der Waals surface area contributed by atoms with Crippen molar-refractivity contribution in [3.8, 4) is 11.3 Å². The van der Waals surface area contributed by atoms with Gasteiger partial charge >= 0.3 is 0 Å². The summed E-state index contributed by atoms with van der Waals surface area (Å²) in [6.07, 6.45) is 5.37. The maximum Gasteiger partial charge on any atom is 0.260 e. The summed E-state index contributed by atoms with van der Waals surface area (Å²) in [7, 11) is 0. The van der Waals surface area contributed by atoms with Crippen LogP contribution in [0.15, 0.2) is 97.5 Å². The standard InChI is InChI=1S/C27H24N6O/c1-20-10-12-22(13-11-20)26-24(19-33(31-26)17-21-7-3-2-4-8-21)27(34)29-25-14-16-32(30-25)18-23-9-5-6-15-28-23/h2-16,19H,17-18H2,1H3,(H,29,30,34). The normalized spacial score (nSPS) is 10.9. The molecular weight excluding hydrogens is 424 g/mol. The van der Waals surface area contributed by atoms with Crippen LogP contribution in [0.2, 0.25) is 0 Å². The van der Waals surface area contributed by atoms with Crippen molar-refractivity contribution in [3.63, 3.8) is 0 Å². The maximum absolute atomic E-state index is 13.3. The van der Waals surface area contributed by atoms with Crippen LogP contribution >= 0.6 is 0 Å². The number of rotatable bonds is 7. The van der Waals surface area contributed by atoms with E-state index in [-0.39, 0.29) is 5.91 Å². The first kappa shape index (κ1) is 21.3. The topological polar surface area (TPSA) is 77.6 Å². The molecule has 3 heterocycles. The first-order valence-corrected chi connectivity index (χ1v) is 11.1. The lowest BCUT2D eigenvalue weighted by atomic mass is 10.1. The van der Waals surface area contributed by atoms with Gasteiger partial charge in [-0.25, -0.2) is 0 Å². The Kier molecular flexibility index (Phi) is 5.99. The molecule has 7 nitrogen and oxygen atoms in total. The van der Waals surface area contributed by atoms with Crippen molar-refractivity contribution in [2.75, 3.05) is 5.32 Å². The molecule has 2 aromatic carbocycles. The summed E-state index contributed by atoms with van der Waals surface area (Å²) < 4.78 is 3.55. The molecule has 0 radical (unpaired) electrons. The highest BCUT2D eigenvalue weighted by atomic mass is 16.1. The van der Waals surface area contributed by atoms with Crippen LogP contribution in [0.5, 0.6) is 0 Å². The summed E-state index contributed by atoms with van der Waals surface area (Å²) in [6, 6.07) is 25.6. The lowest BCUT2D eigenvalue weighted by Crippen LogP contribution is -2.13. The number of pyridine rings is 1. The van der Waals surface area contributed by atoms with E-state index in [0.29, 0.717) is 30.2 Å². The molecule has 0 saturated carbocycles. The van der Waals surface area contributed by atoms with Crippen molar-refractivity contribution in [1.29, 1.82) is 0 Å². The summed E-state index contributed by atoms with van der Waals surface area (Å²) in [6.45, 7) is 3.14. The Bertz CT molecular complexity index is 1390. The minimum atomic E-state index is -0.252. The van der Waals surface area contributed by atoms with Gasteiger partial charge < -0.3 is 5.32 Å². The Morgan fingerprint density at radius 2 is 1.65 bits per heavy atom. The van der Waals surface area contributed by atoms with Crippen molar-refractivity contribution in [3.05, 3.63) is 120 Å². The first-order valence-electron chi connectivity index (χ1n) is 11.1. The zero-order valence-electron chi connectivity index (χ0n) is 18.8. The van der Waals surface area contributed by atoms with Crippen LogP contribution in [0.25, 0.3) is 11.3 Å². The molecule has 0 fully saturated rings. The van der Waals surface area contributed by atoms with Crippen molar-refractivity contribution >= 4 is 11.7 Å². The Morgan fingerprint density at radius 1 is 0.853 bits per heavy atom. The quantitative estimate of drug-likeness (QED) is 0.388. The van der Waals surface area contributed by atoms with Crippen molar-refractivity contribution in [1.82, 2.24) is 24.5 Å². The number of hydrogen-bond donors (Lipinski definition) is 1. The predicted octanol–water partition coefficient (Wildman–Crippen LogP) is 4.80. The van der Waals surface area contributed by atoms with Crippen LogP contribution in [0.3, 0.4) is 0 Å². The molecule has 0 aliphatic rings. The average molecular weight is 449 g/mol. The number of aromatic nitrogens is 5. The van der Waals surface area contributed by atoms with E-state index in [1.807, 2.05) is 85.9 Å². The van der Waals surface area contributed by atoms with Gasteiger partial charge in [0, 0.05) is 30.2 Å². The van der Waals surface area contributed by atoms with E-state index in [0.717, 1.165) is 22.4 Å². The molecule has 34 heavy (non-hydrogen) atoms. The molecule has 1 amide bonds. The van der Waals surface area contributed by atoms with Crippen LogP contribution in [-0.2, 0) is 13.1 Å². The SMILES string of the molecule is Cc1ccc(-c2nn(Cc3ccccc3)cc2C(=O)Nc2ccn(Cc3ccccn3)n2)cc1. The maximum atomic E-state index is 13.3.